The lowest BCUT2D eigenvalue weighted by atomic mass is 10.1. The molecule has 0 spiro atoms. The van der Waals surface area contributed by atoms with Crippen LogP contribution < -0.4 is 5.43 Å². The molecule has 1 aliphatic heterocycles. The van der Waals surface area contributed by atoms with Crippen molar-refractivity contribution in [3.05, 3.63) is 94.7 Å². The second-order valence-corrected chi connectivity index (χ2v) is 6.75. The van der Waals surface area contributed by atoms with Gasteiger partial charge >= 0.3 is 0 Å². The Morgan fingerprint density at radius 2 is 1.74 bits per heavy atom. The van der Waals surface area contributed by atoms with Gasteiger partial charge in [-0.2, -0.15) is 0 Å². The third kappa shape index (κ3) is 5.47. The molecule has 4 aromatic rings. The van der Waals surface area contributed by atoms with Crippen LogP contribution in [0.5, 0.6) is 0 Å². The number of carbonyl (C=O) groups excluding carboxylic acids is 1. The maximum Gasteiger partial charge on any atom is 0.199 e. The van der Waals surface area contributed by atoms with Crippen molar-refractivity contribution >= 4 is 40.0 Å². The lowest BCUT2D eigenvalue weighted by Gasteiger charge is -1.98. The van der Waals surface area contributed by atoms with Crippen LogP contribution in [0.4, 0.5) is 0 Å². The third-order valence-corrected chi connectivity index (χ3v) is 4.66. The zero-order valence-corrected chi connectivity index (χ0v) is 18.4. The molecule has 0 atom stereocenters. The van der Waals surface area contributed by atoms with E-state index in [2.05, 4.69) is 42.8 Å². The maximum atomic E-state index is 12.2. The van der Waals surface area contributed by atoms with E-state index in [9.17, 15) is 9.59 Å². The van der Waals surface area contributed by atoms with E-state index in [-0.39, 0.29) is 17.6 Å². The van der Waals surface area contributed by atoms with E-state index in [1.165, 1.54) is 0 Å². The highest BCUT2D eigenvalue weighted by Crippen LogP contribution is 2.16. The standard InChI is InChI=1S/C12H7N3O.C12H11N3O.C2H2/c16-11-9-2-1-4-14-12(9)15-6-8-3-5-13-7-10(8)11;1-2-13-7-9-6-12(16)10-4-3-5-14-11(10)8-15-9;1-2/h1-7H;2-5,7-8H,6H2,1H3;1-2H/b;9-7+,13-2?;. The van der Waals surface area contributed by atoms with Crippen molar-refractivity contribution in [3.63, 3.8) is 0 Å². The Morgan fingerprint density at radius 1 is 0.941 bits per heavy atom. The number of hydrogen-bond acceptors (Lipinski definition) is 8. The van der Waals surface area contributed by atoms with Gasteiger partial charge in [-0.15, -0.1) is 12.8 Å². The van der Waals surface area contributed by atoms with Gasteiger partial charge in [0.25, 0.3) is 0 Å². The first-order valence-electron chi connectivity index (χ1n) is 10.2. The fraction of sp³-hybridized carbons (Fsp3) is 0.0769. The Bertz CT molecular complexity index is 1440. The highest BCUT2D eigenvalue weighted by molar-refractivity contribution is 6.05. The minimum Gasteiger partial charge on any atom is -0.294 e. The number of rotatable bonds is 1. The summed E-state index contributed by atoms with van der Waals surface area (Å²) in [6.45, 7) is 1.82. The minimum atomic E-state index is -0.0799. The van der Waals surface area contributed by atoms with Crippen LogP contribution in [-0.2, 0) is 0 Å². The molecule has 0 bridgehead atoms. The van der Waals surface area contributed by atoms with Crippen molar-refractivity contribution < 1.29 is 4.79 Å². The summed E-state index contributed by atoms with van der Waals surface area (Å²) in [7, 11) is 0. The molecule has 0 radical (unpaired) electrons. The van der Waals surface area contributed by atoms with Crippen LogP contribution in [0.25, 0.3) is 21.8 Å². The summed E-state index contributed by atoms with van der Waals surface area (Å²) >= 11 is 0. The number of allylic oxidation sites excluding steroid dienone is 1. The summed E-state index contributed by atoms with van der Waals surface area (Å²) in [5.41, 5.74) is 2.28. The van der Waals surface area contributed by atoms with Crippen LogP contribution in [0.15, 0.2) is 88.0 Å². The molecule has 0 amide bonds. The number of aromatic nitrogens is 4. The first-order valence-corrected chi connectivity index (χ1v) is 10.2. The molecule has 0 N–H and O–H groups in total. The summed E-state index contributed by atoms with van der Waals surface area (Å²) in [6.07, 6.45) is 21.3. The maximum absolute atomic E-state index is 12.2. The van der Waals surface area contributed by atoms with Crippen LogP contribution in [0.3, 0.4) is 0 Å². The monoisotopic (exact) mass is 448 g/mol. The second-order valence-electron chi connectivity index (χ2n) is 6.75. The summed E-state index contributed by atoms with van der Waals surface area (Å²) in [5.74, 6) is 0.0261. The van der Waals surface area contributed by atoms with Crippen LogP contribution in [0.1, 0.15) is 29.4 Å². The molecule has 0 aromatic carbocycles. The van der Waals surface area contributed by atoms with E-state index in [1.54, 1.807) is 79.9 Å². The predicted octanol–water partition coefficient (Wildman–Crippen LogP) is 3.81. The Balaban J connectivity index is 0.000000178. The molecule has 0 aliphatic carbocycles. The van der Waals surface area contributed by atoms with E-state index in [1.807, 2.05) is 6.92 Å². The highest BCUT2D eigenvalue weighted by atomic mass is 16.1. The van der Waals surface area contributed by atoms with Gasteiger partial charge in [0.15, 0.2) is 16.9 Å². The summed E-state index contributed by atoms with van der Waals surface area (Å²) in [4.78, 5) is 48.5. The number of fused-ring (bicyclic) bond motifs is 3. The quantitative estimate of drug-likeness (QED) is 0.323. The summed E-state index contributed by atoms with van der Waals surface area (Å²) in [5, 5.41) is 1.86. The first-order chi connectivity index (χ1) is 16.7. The van der Waals surface area contributed by atoms with Gasteiger partial charge in [-0.3, -0.25) is 29.5 Å². The second kappa shape index (κ2) is 11.6. The number of hydrogen-bond donors (Lipinski definition) is 0. The molecule has 0 unspecified atom stereocenters. The predicted molar refractivity (Wildman–Crippen MR) is 134 cm³/mol. The van der Waals surface area contributed by atoms with Crippen LogP contribution in [0, 0.1) is 12.8 Å². The number of carbonyl (C=O) groups is 1. The molecular formula is C26H20N6O2. The molecule has 8 nitrogen and oxygen atoms in total. The highest BCUT2D eigenvalue weighted by Gasteiger charge is 2.15. The Hall–Kier alpha value is -4.90. The molecular weight excluding hydrogens is 428 g/mol. The zero-order chi connectivity index (χ0) is 24.3. The first kappa shape index (κ1) is 23.8. The van der Waals surface area contributed by atoms with Gasteiger partial charge < -0.3 is 0 Å². The van der Waals surface area contributed by atoms with Gasteiger partial charge in [0.1, 0.15) is 0 Å². The molecule has 1 aliphatic rings. The topological polar surface area (TPSA) is 110 Å². The van der Waals surface area contributed by atoms with E-state index in [4.69, 9.17) is 0 Å². The minimum absolute atomic E-state index is 0.0261. The number of terminal acetylenes is 1. The van der Waals surface area contributed by atoms with Gasteiger partial charge in [-0.25, -0.2) is 9.97 Å². The number of nitrogens with zero attached hydrogens (tertiary/aromatic N) is 6. The summed E-state index contributed by atoms with van der Waals surface area (Å²) < 4.78 is 0. The van der Waals surface area contributed by atoms with E-state index in [0.717, 1.165) is 5.39 Å². The van der Waals surface area contributed by atoms with Crippen molar-refractivity contribution in [1.29, 1.82) is 0 Å². The number of Topliss-reactive ketones (excluding diaryl/α,β-unsaturated/α-hetero) is 1. The van der Waals surface area contributed by atoms with E-state index in [0.29, 0.717) is 33.4 Å². The Kier molecular flexibility index (Phi) is 8.14. The zero-order valence-electron chi connectivity index (χ0n) is 18.4. The van der Waals surface area contributed by atoms with Crippen molar-refractivity contribution in [2.45, 2.75) is 13.3 Å². The van der Waals surface area contributed by atoms with Gasteiger partial charge in [0.2, 0.25) is 0 Å². The average molecular weight is 448 g/mol. The largest absolute Gasteiger partial charge is 0.294 e. The van der Waals surface area contributed by atoms with Crippen LogP contribution >= 0.6 is 0 Å². The third-order valence-electron chi connectivity index (χ3n) is 4.66. The van der Waals surface area contributed by atoms with Crippen molar-refractivity contribution in [1.82, 2.24) is 19.9 Å². The fourth-order valence-electron chi connectivity index (χ4n) is 3.11. The van der Waals surface area contributed by atoms with Gasteiger partial charge in [0, 0.05) is 59.7 Å². The molecule has 5 rings (SSSR count). The molecule has 8 heteroatoms. The average Bonchev–Trinajstić information content (AvgIpc) is 3.15. The molecule has 4 aromatic heterocycles. The molecule has 34 heavy (non-hydrogen) atoms. The molecule has 0 saturated heterocycles. The van der Waals surface area contributed by atoms with Crippen molar-refractivity contribution in [2.75, 3.05) is 0 Å². The molecule has 0 saturated carbocycles. The number of pyridine rings is 3. The molecule has 0 fully saturated rings. The van der Waals surface area contributed by atoms with Crippen LogP contribution in [-0.4, -0.2) is 38.1 Å². The van der Waals surface area contributed by atoms with Crippen molar-refractivity contribution in [2.24, 2.45) is 9.98 Å². The molecule has 5 heterocycles. The van der Waals surface area contributed by atoms with Gasteiger partial charge in [-0.05, 0) is 37.3 Å². The van der Waals surface area contributed by atoms with Gasteiger partial charge in [0.05, 0.1) is 29.4 Å². The Labute approximate surface area is 195 Å². The van der Waals surface area contributed by atoms with Gasteiger partial charge in [-0.1, -0.05) is 0 Å². The van der Waals surface area contributed by atoms with Crippen molar-refractivity contribution in [3.8, 4) is 12.8 Å². The normalized spacial score (nSPS) is 13.5. The summed E-state index contributed by atoms with van der Waals surface area (Å²) in [6, 6.07) is 8.74. The Morgan fingerprint density at radius 3 is 2.56 bits per heavy atom. The lowest BCUT2D eigenvalue weighted by molar-refractivity contribution is 0.0993. The van der Waals surface area contributed by atoms with E-state index >= 15 is 0 Å². The smallest absolute Gasteiger partial charge is 0.199 e. The lowest BCUT2D eigenvalue weighted by Crippen LogP contribution is -2.02. The fourth-order valence-corrected chi connectivity index (χ4v) is 3.11. The number of ketones is 1. The number of aliphatic imine (C=N–C) groups is 2. The van der Waals surface area contributed by atoms with Crippen LogP contribution in [0.2, 0.25) is 0 Å². The SMILES string of the molecule is C#C.CC=N/C=C1\CC(=O)c2cccnc2C=N1.O=c1c2cnccc2cnc2ncccc12. The molecule has 166 valence electrons. The van der Waals surface area contributed by atoms with E-state index < -0.39 is 0 Å².